The Morgan fingerprint density at radius 2 is 2.00 bits per heavy atom. The first-order valence-electron chi connectivity index (χ1n) is 5.29. The van der Waals surface area contributed by atoms with Crippen LogP contribution in [0.15, 0.2) is 12.1 Å². The Kier molecular flexibility index (Phi) is 3.36. The van der Waals surface area contributed by atoms with E-state index in [0.717, 1.165) is 18.0 Å². The number of hydrogen-bond donors (Lipinski definition) is 1. The second-order valence-corrected chi connectivity index (χ2v) is 5.07. The van der Waals surface area contributed by atoms with Crippen LogP contribution in [0.2, 0.25) is 0 Å². The van der Waals surface area contributed by atoms with Crippen LogP contribution in [0.25, 0.3) is 0 Å². The Labute approximate surface area is 98.3 Å². The summed E-state index contributed by atoms with van der Waals surface area (Å²) in [5, 5.41) is 3.15. The Bertz CT molecular complexity index is 408. The number of piperazine rings is 1. The molecule has 0 atom stereocenters. The molecule has 1 aliphatic rings. The van der Waals surface area contributed by atoms with Crippen molar-refractivity contribution in [2.45, 2.75) is 6.92 Å². The summed E-state index contributed by atoms with van der Waals surface area (Å²) in [5.74, 6) is -0.747. The highest BCUT2D eigenvalue weighted by Gasteiger charge is 2.25. The maximum absolute atomic E-state index is 11.9. The summed E-state index contributed by atoms with van der Waals surface area (Å²) in [4.78, 5) is 26.9. The fraction of sp³-hybridized carbons (Fsp3) is 0.455. The van der Waals surface area contributed by atoms with Gasteiger partial charge in [0.05, 0.1) is 4.88 Å². The van der Waals surface area contributed by atoms with Crippen LogP contribution in [0.1, 0.15) is 14.5 Å². The van der Waals surface area contributed by atoms with Crippen LogP contribution < -0.4 is 5.32 Å². The van der Waals surface area contributed by atoms with E-state index in [1.54, 1.807) is 11.0 Å². The Morgan fingerprint density at radius 1 is 1.31 bits per heavy atom. The van der Waals surface area contributed by atoms with Crippen molar-refractivity contribution in [3.8, 4) is 0 Å². The standard InChI is InChI=1S/C11H14N2O2S/c1-8-2-3-9(16-8)10(14)11(15)13-6-4-12-5-7-13/h2-3,12H,4-7H2,1H3. The summed E-state index contributed by atoms with van der Waals surface area (Å²) in [6.45, 7) is 4.70. The lowest BCUT2D eigenvalue weighted by Crippen LogP contribution is -2.48. The molecule has 1 saturated heterocycles. The number of ketones is 1. The number of nitrogens with zero attached hydrogens (tertiary/aromatic N) is 1. The van der Waals surface area contributed by atoms with E-state index in [9.17, 15) is 9.59 Å². The van der Waals surface area contributed by atoms with Gasteiger partial charge in [0.1, 0.15) is 0 Å². The molecule has 16 heavy (non-hydrogen) atoms. The van der Waals surface area contributed by atoms with E-state index in [4.69, 9.17) is 0 Å². The zero-order valence-electron chi connectivity index (χ0n) is 9.16. The minimum Gasteiger partial charge on any atom is -0.333 e. The SMILES string of the molecule is Cc1ccc(C(=O)C(=O)N2CCNCC2)s1. The molecule has 1 aromatic rings. The average Bonchev–Trinajstić information content (AvgIpc) is 2.75. The van der Waals surface area contributed by atoms with Crippen molar-refractivity contribution in [2.24, 2.45) is 0 Å². The Hall–Kier alpha value is -1.20. The molecule has 0 saturated carbocycles. The van der Waals surface area contributed by atoms with E-state index < -0.39 is 0 Å². The van der Waals surface area contributed by atoms with E-state index in [1.165, 1.54) is 11.3 Å². The minimum atomic E-state index is -0.375. The van der Waals surface area contributed by atoms with Gasteiger partial charge in [-0.15, -0.1) is 11.3 Å². The highest BCUT2D eigenvalue weighted by atomic mass is 32.1. The van der Waals surface area contributed by atoms with Crippen molar-refractivity contribution >= 4 is 23.0 Å². The first-order valence-corrected chi connectivity index (χ1v) is 6.11. The number of carbonyl (C=O) groups excluding carboxylic acids is 2. The molecule has 0 unspecified atom stereocenters. The number of nitrogens with one attached hydrogen (secondary N) is 1. The Morgan fingerprint density at radius 3 is 2.56 bits per heavy atom. The van der Waals surface area contributed by atoms with Gasteiger partial charge in [0.25, 0.3) is 11.7 Å². The molecule has 1 aliphatic heterocycles. The molecule has 2 heterocycles. The third-order valence-corrected chi connectivity index (χ3v) is 3.56. The van der Waals surface area contributed by atoms with Gasteiger partial charge in [-0.25, -0.2) is 0 Å². The number of thiophene rings is 1. The smallest absolute Gasteiger partial charge is 0.295 e. The monoisotopic (exact) mass is 238 g/mol. The molecule has 0 bridgehead atoms. The van der Waals surface area contributed by atoms with Gasteiger partial charge < -0.3 is 10.2 Å². The quantitative estimate of drug-likeness (QED) is 0.608. The maximum Gasteiger partial charge on any atom is 0.295 e. The second kappa shape index (κ2) is 4.76. The van der Waals surface area contributed by atoms with Crippen LogP contribution in [0.3, 0.4) is 0 Å². The normalized spacial score (nSPS) is 16.2. The van der Waals surface area contributed by atoms with Gasteiger partial charge in [-0.3, -0.25) is 9.59 Å². The van der Waals surface area contributed by atoms with Gasteiger partial charge in [-0.05, 0) is 19.1 Å². The van der Waals surface area contributed by atoms with Gasteiger partial charge in [-0.1, -0.05) is 0 Å². The number of carbonyl (C=O) groups is 2. The lowest BCUT2D eigenvalue weighted by molar-refractivity contribution is -0.126. The largest absolute Gasteiger partial charge is 0.333 e. The number of aryl methyl sites for hydroxylation is 1. The lowest BCUT2D eigenvalue weighted by atomic mass is 10.2. The van der Waals surface area contributed by atoms with Crippen molar-refractivity contribution in [3.05, 3.63) is 21.9 Å². The van der Waals surface area contributed by atoms with Crippen molar-refractivity contribution in [1.82, 2.24) is 10.2 Å². The van der Waals surface area contributed by atoms with Crippen LogP contribution in [0, 0.1) is 6.92 Å². The van der Waals surface area contributed by atoms with Crippen LogP contribution in [0.4, 0.5) is 0 Å². The van der Waals surface area contributed by atoms with Crippen molar-refractivity contribution in [1.29, 1.82) is 0 Å². The topological polar surface area (TPSA) is 49.4 Å². The van der Waals surface area contributed by atoms with Gasteiger partial charge >= 0.3 is 0 Å². The summed E-state index contributed by atoms with van der Waals surface area (Å²) in [6.07, 6.45) is 0. The predicted octanol–water partition coefficient (Wildman–Crippen LogP) is 0.671. The van der Waals surface area contributed by atoms with Gasteiger partial charge in [-0.2, -0.15) is 0 Å². The summed E-state index contributed by atoms with van der Waals surface area (Å²) < 4.78 is 0. The minimum absolute atomic E-state index is 0.372. The molecular formula is C11H14N2O2S. The molecule has 86 valence electrons. The van der Waals surface area contributed by atoms with Crippen molar-refractivity contribution < 1.29 is 9.59 Å². The first kappa shape index (κ1) is 11.3. The molecule has 1 fully saturated rings. The number of Topliss-reactive ketones (excluding diaryl/α,β-unsaturated/α-hetero) is 1. The molecular weight excluding hydrogens is 224 g/mol. The number of rotatable bonds is 2. The van der Waals surface area contributed by atoms with Crippen LogP contribution in [0.5, 0.6) is 0 Å². The van der Waals surface area contributed by atoms with Gasteiger partial charge in [0.2, 0.25) is 0 Å². The molecule has 0 aromatic carbocycles. The van der Waals surface area contributed by atoms with E-state index >= 15 is 0 Å². The molecule has 0 aliphatic carbocycles. The second-order valence-electron chi connectivity index (χ2n) is 3.78. The van der Waals surface area contributed by atoms with Crippen molar-refractivity contribution in [2.75, 3.05) is 26.2 Å². The third kappa shape index (κ3) is 2.31. The van der Waals surface area contributed by atoms with Crippen molar-refractivity contribution in [3.63, 3.8) is 0 Å². The van der Waals surface area contributed by atoms with Gasteiger partial charge in [0.15, 0.2) is 0 Å². The highest BCUT2D eigenvalue weighted by Crippen LogP contribution is 2.16. The summed E-state index contributed by atoms with van der Waals surface area (Å²) in [6, 6.07) is 3.59. The first-order chi connectivity index (χ1) is 7.68. The molecule has 2 rings (SSSR count). The molecule has 0 spiro atoms. The molecule has 5 heteroatoms. The maximum atomic E-state index is 11.9. The van der Waals surface area contributed by atoms with Gasteiger partial charge in [0, 0.05) is 31.1 Å². The predicted molar refractivity (Wildman–Crippen MR) is 62.8 cm³/mol. The van der Waals surface area contributed by atoms with Crippen LogP contribution in [-0.4, -0.2) is 42.8 Å². The zero-order valence-corrected chi connectivity index (χ0v) is 9.97. The summed E-state index contributed by atoms with van der Waals surface area (Å²) in [7, 11) is 0. The number of amides is 1. The van der Waals surface area contributed by atoms with E-state index in [-0.39, 0.29) is 11.7 Å². The third-order valence-electron chi connectivity index (χ3n) is 2.56. The summed E-state index contributed by atoms with van der Waals surface area (Å²) >= 11 is 1.38. The molecule has 1 amide bonds. The lowest BCUT2D eigenvalue weighted by Gasteiger charge is -2.26. The molecule has 1 aromatic heterocycles. The average molecular weight is 238 g/mol. The van der Waals surface area contributed by atoms with E-state index in [0.29, 0.717) is 18.0 Å². The van der Waals surface area contributed by atoms with E-state index in [2.05, 4.69) is 5.32 Å². The number of hydrogen-bond acceptors (Lipinski definition) is 4. The molecule has 4 nitrogen and oxygen atoms in total. The zero-order chi connectivity index (χ0) is 11.5. The fourth-order valence-corrected chi connectivity index (χ4v) is 2.47. The fourth-order valence-electron chi connectivity index (χ4n) is 1.67. The highest BCUT2D eigenvalue weighted by molar-refractivity contribution is 7.14. The van der Waals surface area contributed by atoms with Crippen LogP contribution >= 0.6 is 11.3 Å². The Balaban J connectivity index is 2.06. The molecule has 0 radical (unpaired) electrons. The van der Waals surface area contributed by atoms with E-state index in [1.807, 2.05) is 13.0 Å². The summed E-state index contributed by atoms with van der Waals surface area (Å²) in [5.41, 5.74) is 0. The van der Waals surface area contributed by atoms with Crippen LogP contribution in [-0.2, 0) is 4.79 Å². The molecule has 1 N–H and O–H groups in total.